The van der Waals surface area contributed by atoms with Crippen LogP contribution in [-0.2, 0) is 0 Å². The average molecular weight is 321 g/mol. The molecule has 1 aromatic carbocycles. The molecular weight excluding hydrogens is 308 g/mol. The van der Waals surface area contributed by atoms with Crippen LogP contribution in [-0.4, -0.2) is 29.0 Å². The fourth-order valence-electron chi connectivity index (χ4n) is 2.26. The Hall–Kier alpha value is -2.83. The number of aromatic nitrogens is 1. The Balaban J connectivity index is 2.14. The number of rotatable bonds is 4. The van der Waals surface area contributed by atoms with E-state index in [1.807, 2.05) is 0 Å². The Morgan fingerprint density at radius 3 is 2.65 bits per heavy atom. The predicted octanol–water partition coefficient (Wildman–Crippen LogP) is 2.75. The van der Waals surface area contributed by atoms with Crippen molar-refractivity contribution in [3.63, 3.8) is 0 Å². The van der Waals surface area contributed by atoms with Gasteiger partial charge < -0.3 is 19.6 Å². The number of aliphatic hydroxyl groups is 1. The molecule has 0 aliphatic carbocycles. The van der Waals surface area contributed by atoms with Gasteiger partial charge in [0.1, 0.15) is 24.8 Å². The number of hydrogen-bond acceptors (Lipinski definition) is 4. The third-order valence-electron chi connectivity index (χ3n) is 3.48. The molecule has 0 spiro atoms. The van der Waals surface area contributed by atoms with Crippen molar-refractivity contribution in [1.29, 1.82) is 0 Å². The standard InChI is InChI=1S/C16H13F2NO4/c17-8-16(9-18)15(21)14(11-3-1-2-4-12(11)23-16)22-10-5-6-19-13(20)7-10/h1-7,21H,8-9H2,(H,19,20). The normalized spacial score (nSPS) is 15.7. The van der Waals surface area contributed by atoms with E-state index in [4.69, 9.17) is 9.47 Å². The van der Waals surface area contributed by atoms with E-state index < -0.39 is 30.3 Å². The SMILES string of the molecule is O=c1cc(OC2=C(O)C(CF)(CF)Oc3ccccc32)cc[nH]1. The highest BCUT2D eigenvalue weighted by Gasteiger charge is 2.45. The molecule has 0 bridgehead atoms. The van der Waals surface area contributed by atoms with E-state index in [1.165, 1.54) is 18.3 Å². The molecule has 23 heavy (non-hydrogen) atoms. The largest absolute Gasteiger partial charge is 0.505 e. The van der Waals surface area contributed by atoms with Crippen LogP contribution >= 0.6 is 0 Å². The van der Waals surface area contributed by atoms with Gasteiger partial charge in [0.25, 0.3) is 5.56 Å². The van der Waals surface area contributed by atoms with Crippen LogP contribution in [0.3, 0.4) is 0 Å². The minimum absolute atomic E-state index is 0.124. The van der Waals surface area contributed by atoms with Crippen molar-refractivity contribution >= 4 is 5.76 Å². The number of aliphatic hydroxyl groups excluding tert-OH is 1. The zero-order chi connectivity index (χ0) is 16.4. The van der Waals surface area contributed by atoms with Crippen LogP contribution in [0.2, 0.25) is 0 Å². The quantitative estimate of drug-likeness (QED) is 0.908. The lowest BCUT2D eigenvalue weighted by molar-refractivity contribution is 0.00956. The second-order valence-electron chi connectivity index (χ2n) is 5.03. The molecule has 0 unspecified atom stereocenters. The van der Waals surface area contributed by atoms with E-state index in [1.54, 1.807) is 18.2 Å². The fraction of sp³-hybridized carbons (Fsp3) is 0.188. The smallest absolute Gasteiger partial charge is 0.251 e. The first-order valence-electron chi connectivity index (χ1n) is 6.80. The van der Waals surface area contributed by atoms with Gasteiger partial charge in [-0.2, -0.15) is 0 Å². The summed E-state index contributed by atoms with van der Waals surface area (Å²) >= 11 is 0. The first-order valence-corrected chi connectivity index (χ1v) is 6.80. The summed E-state index contributed by atoms with van der Waals surface area (Å²) < 4.78 is 37.6. The highest BCUT2D eigenvalue weighted by Crippen LogP contribution is 2.41. The Morgan fingerprint density at radius 2 is 1.96 bits per heavy atom. The Morgan fingerprint density at radius 1 is 1.22 bits per heavy atom. The predicted molar refractivity (Wildman–Crippen MR) is 79.0 cm³/mol. The highest BCUT2D eigenvalue weighted by atomic mass is 19.1. The molecular formula is C16H13F2NO4. The van der Waals surface area contributed by atoms with E-state index in [0.717, 1.165) is 6.07 Å². The second kappa shape index (κ2) is 5.75. The monoisotopic (exact) mass is 321 g/mol. The highest BCUT2D eigenvalue weighted by molar-refractivity contribution is 5.72. The number of ether oxygens (including phenoxy) is 2. The van der Waals surface area contributed by atoms with E-state index in [2.05, 4.69) is 4.98 Å². The molecule has 1 aromatic heterocycles. The first kappa shape index (κ1) is 15.1. The number of para-hydroxylation sites is 1. The van der Waals surface area contributed by atoms with E-state index >= 15 is 0 Å². The van der Waals surface area contributed by atoms with Gasteiger partial charge in [-0.1, -0.05) is 12.1 Å². The van der Waals surface area contributed by atoms with Crippen molar-refractivity contribution in [2.75, 3.05) is 13.3 Å². The molecule has 2 heterocycles. The number of pyridine rings is 1. The first-order chi connectivity index (χ1) is 11.1. The summed E-state index contributed by atoms with van der Waals surface area (Å²) in [5, 5.41) is 10.3. The molecule has 5 nitrogen and oxygen atoms in total. The zero-order valence-electron chi connectivity index (χ0n) is 11.9. The molecule has 1 aliphatic rings. The van der Waals surface area contributed by atoms with Crippen LogP contribution < -0.4 is 15.0 Å². The van der Waals surface area contributed by atoms with Gasteiger partial charge in [0, 0.05) is 12.3 Å². The number of alkyl halides is 2. The summed E-state index contributed by atoms with van der Waals surface area (Å²) in [6.45, 7) is -2.54. The van der Waals surface area contributed by atoms with Crippen molar-refractivity contribution in [2.45, 2.75) is 5.60 Å². The molecule has 0 saturated heterocycles. The molecule has 0 radical (unpaired) electrons. The van der Waals surface area contributed by atoms with Crippen molar-refractivity contribution in [1.82, 2.24) is 4.98 Å². The van der Waals surface area contributed by atoms with Crippen LogP contribution in [0.25, 0.3) is 5.76 Å². The summed E-state index contributed by atoms with van der Waals surface area (Å²) in [6, 6.07) is 9.00. The van der Waals surface area contributed by atoms with Crippen LogP contribution in [0.1, 0.15) is 5.56 Å². The summed E-state index contributed by atoms with van der Waals surface area (Å²) in [5.74, 6) is -0.534. The number of hydrogen-bond donors (Lipinski definition) is 2. The van der Waals surface area contributed by atoms with Gasteiger partial charge >= 0.3 is 0 Å². The second-order valence-corrected chi connectivity index (χ2v) is 5.03. The summed E-state index contributed by atoms with van der Waals surface area (Å²) in [7, 11) is 0. The maximum Gasteiger partial charge on any atom is 0.251 e. The Labute approximate surface area is 129 Å². The Kier molecular flexibility index (Phi) is 3.77. The van der Waals surface area contributed by atoms with Gasteiger partial charge in [-0.3, -0.25) is 4.79 Å². The molecule has 1 aliphatic heterocycles. The molecule has 0 atom stereocenters. The maximum atomic E-state index is 13.4. The van der Waals surface area contributed by atoms with Gasteiger partial charge in [-0.05, 0) is 18.2 Å². The van der Waals surface area contributed by atoms with Gasteiger partial charge in [0.2, 0.25) is 5.60 Å². The van der Waals surface area contributed by atoms with Crippen molar-refractivity contribution in [3.8, 4) is 11.5 Å². The molecule has 0 saturated carbocycles. The van der Waals surface area contributed by atoms with E-state index in [9.17, 15) is 18.7 Å². The summed E-state index contributed by atoms with van der Waals surface area (Å²) in [6.07, 6.45) is 1.36. The van der Waals surface area contributed by atoms with Gasteiger partial charge in [-0.15, -0.1) is 0 Å². The molecule has 0 amide bonds. The van der Waals surface area contributed by atoms with Crippen LogP contribution in [0.15, 0.2) is 53.1 Å². The molecule has 0 fully saturated rings. The molecule has 2 N–H and O–H groups in total. The number of aromatic amines is 1. The number of fused-ring (bicyclic) bond motifs is 1. The van der Waals surface area contributed by atoms with Crippen LogP contribution in [0.5, 0.6) is 11.5 Å². The lowest BCUT2D eigenvalue weighted by Gasteiger charge is -2.34. The molecule has 7 heteroatoms. The molecule has 2 aromatic rings. The number of H-pyrrole nitrogens is 1. The summed E-state index contributed by atoms with van der Waals surface area (Å²) in [5.41, 5.74) is -2.22. The van der Waals surface area contributed by atoms with Gasteiger partial charge in [-0.25, -0.2) is 8.78 Å². The van der Waals surface area contributed by atoms with Gasteiger partial charge in [0.15, 0.2) is 11.5 Å². The Bertz CT molecular complexity index is 811. The lowest BCUT2D eigenvalue weighted by atomic mass is 9.96. The third kappa shape index (κ3) is 2.54. The summed E-state index contributed by atoms with van der Waals surface area (Å²) in [4.78, 5) is 13.8. The van der Waals surface area contributed by atoms with Gasteiger partial charge in [0.05, 0.1) is 5.56 Å². The zero-order valence-corrected chi connectivity index (χ0v) is 11.9. The lowest BCUT2D eigenvalue weighted by Crippen LogP contribution is -2.46. The number of benzene rings is 1. The van der Waals surface area contributed by atoms with E-state index in [-0.39, 0.29) is 17.3 Å². The minimum atomic E-state index is -2.15. The van der Waals surface area contributed by atoms with E-state index in [0.29, 0.717) is 5.56 Å². The van der Waals surface area contributed by atoms with Crippen molar-refractivity contribution in [2.24, 2.45) is 0 Å². The topological polar surface area (TPSA) is 71.6 Å². The number of halogens is 2. The fourth-order valence-corrected chi connectivity index (χ4v) is 2.26. The van der Waals surface area contributed by atoms with Crippen molar-refractivity contribution < 1.29 is 23.4 Å². The van der Waals surface area contributed by atoms with Crippen LogP contribution in [0.4, 0.5) is 8.78 Å². The van der Waals surface area contributed by atoms with Crippen LogP contribution in [0, 0.1) is 0 Å². The molecule has 3 rings (SSSR count). The maximum absolute atomic E-state index is 13.4. The average Bonchev–Trinajstić information content (AvgIpc) is 2.57. The third-order valence-corrected chi connectivity index (χ3v) is 3.48. The number of nitrogens with one attached hydrogen (secondary N) is 1. The van der Waals surface area contributed by atoms with Crippen molar-refractivity contribution in [3.05, 3.63) is 64.3 Å². The minimum Gasteiger partial charge on any atom is -0.505 e. The molecule has 120 valence electrons.